The van der Waals surface area contributed by atoms with Crippen LogP contribution >= 0.6 is 0 Å². The van der Waals surface area contributed by atoms with E-state index in [0.29, 0.717) is 6.61 Å². The second-order valence-electron chi connectivity index (χ2n) is 7.40. The summed E-state index contributed by atoms with van der Waals surface area (Å²) in [4.78, 5) is 0. The predicted octanol–water partition coefficient (Wildman–Crippen LogP) is 6.62. The molecule has 2 nitrogen and oxygen atoms in total. The molecule has 31 heavy (non-hydrogen) atoms. The molecule has 1 fully saturated rings. The highest BCUT2D eigenvalue weighted by molar-refractivity contribution is 5.33. The Morgan fingerprint density at radius 2 is 1.58 bits per heavy atom. The van der Waals surface area contributed by atoms with E-state index in [0.717, 1.165) is 24.1 Å². The molecule has 0 N–H and O–H groups in total. The van der Waals surface area contributed by atoms with E-state index in [9.17, 15) is 26.3 Å². The second-order valence-corrected chi connectivity index (χ2v) is 7.40. The van der Waals surface area contributed by atoms with Crippen molar-refractivity contribution in [2.24, 2.45) is 5.92 Å². The van der Waals surface area contributed by atoms with Crippen LogP contribution in [0.15, 0.2) is 61.2 Å². The van der Waals surface area contributed by atoms with Gasteiger partial charge in [0.15, 0.2) is 6.29 Å². The van der Waals surface area contributed by atoms with Gasteiger partial charge in [-0.25, -0.2) is 0 Å². The summed E-state index contributed by atoms with van der Waals surface area (Å²) >= 11 is 0. The Morgan fingerprint density at radius 3 is 2.13 bits per heavy atom. The van der Waals surface area contributed by atoms with Gasteiger partial charge >= 0.3 is 12.4 Å². The van der Waals surface area contributed by atoms with Crippen molar-refractivity contribution in [3.05, 3.63) is 83.4 Å². The normalized spacial score (nSPS) is 22.3. The third kappa shape index (κ3) is 5.89. The molecule has 0 spiro atoms. The zero-order valence-electron chi connectivity index (χ0n) is 16.5. The molecule has 8 heteroatoms. The van der Waals surface area contributed by atoms with Crippen LogP contribution < -0.4 is 0 Å². The highest BCUT2D eigenvalue weighted by Gasteiger charge is 2.37. The zero-order chi connectivity index (χ0) is 22.6. The average molecular weight is 444 g/mol. The van der Waals surface area contributed by atoms with E-state index in [4.69, 9.17) is 9.47 Å². The first-order chi connectivity index (χ1) is 14.6. The van der Waals surface area contributed by atoms with Gasteiger partial charge in [0.05, 0.1) is 24.3 Å². The molecule has 0 amide bonds. The fraction of sp³-hybridized carbons (Fsp3) is 0.391. The lowest BCUT2D eigenvalue weighted by atomic mass is 9.82. The Morgan fingerprint density at radius 1 is 0.968 bits per heavy atom. The maximum atomic E-state index is 13.0. The minimum absolute atomic E-state index is 0.0755. The molecule has 0 aromatic heterocycles. The van der Waals surface area contributed by atoms with Crippen LogP contribution in [0.2, 0.25) is 0 Å². The smallest absolute Gasteiger partial charge is 0.352 e. The summed E-state index contributed by atoms with van der Waals surface area (Å²) < 4.78 is 89.8. The second kappa shape index (κ2) is 9.44. The van der Waals surface area contributed by atoms with Gasteiger partial charge < -0.3 is 9.47 Å². The average Bonchev–Trinajstić information content (AvgIpc) is 2.72. The molecule has 0 bridgehead atoms. The zero-order valence-corrected chi connectivity index (χ0v) is 16.5. The molecular weight excluding hydrogens is 422 g/mol. The number of hydrogen-bond acceptors (Lipinski definition) is 2. The first-order valence-electron chi connectivity index (χ1n) is 9.78. The molecule has 1 saturated heterocycles. The Kier molecular flexibility index (Phi) is 7.11. The van der Waals surface area contributed by atoms with Crippen molar-refractivity contribution >= 4 is 0 Å². The number of allylic oxidation sites excluding steroid dienone is 1. The van der Waals surface area contributed by atoms with Crippen LogP contribution in [0.1, 0.15) is 34.6 Å². The van der Waals surface area contributed by atoms with E-state index >= 15 is 0 Å². The molecule has 3 rings (SSSR count). The molecule has 1 aliphatic heterocycles. The Labute approximate surface area is 176 Å². The fourth-order valence-electron chi connectivity index (χ4n) is 3.76. The lowest BCUT2D eigenvalue weighted by Gasteiger charge is -2.37. The summed E-state index contributed by atoms with van der Waals surface area (Å²) in [7, 11) is 0. The standard InChI is InChI=1S/C23H22F6O2/c1-2-16-9-11-31-21(20(16)17-6-4-3-5-7-17)30-10-8-15-12-18(22(24,25)26)14-19(13-15)23(27,28)29/h2-7,12-14,16,20-21H,1,8-11H2/t16-,20+,21+/m1/s1. The van der Waals surface area contributed by atoms with Gasteiger partial charge in [-0.15, -0.1) is 6.58 Å². The Hall–Kier alpha value is -2.32. The van der Waals surface area contributed by atoms with Crippen LogP contribution in [0.25, 0.3) is 0 Å². The maximum absolute atomic E-state index is 13.0. The van der Waals surface area contributed by atoms with Crippen LogP contribution in [0, 0.1) is 5.92 Å². The molecule has 1 aliphatic rings. The summed E-state index contributed by atoms with van der Waals surface area (Å²) in [6.07, 6.45) is -7.98. The number of benzene rings is 2. The molecule has 0 saturated carbocycles. The van der Waals surface area contributed by atoms with Gasteiger partial charge in [0, 0.05) is 5.92 Å². The van der Waals surface area contributed by atoms with Gasteiger partial charge in [-0.2, -0.15) is 26.3 Å². The molecule has 2 aromatic rings. The van der Waals surface area contributed by atoms with Crippen LogP contribution in [0.4, 0.5) is 26.3 Å². The largest absolute Gasteiger partial charge is 0.416 e. The highest BCUT2D eigenvalue weighted by Crippen LogP contribution is 2.38. The first-order valence-corrected chi connectivity index (χ1v) is 9.78. The van der Waals surface area contributed by atoms with Gasteiger partial charge in [-0.05, 0) is 48.1 Å². The van der Waals surface area contributed by atoms with Crippen LogP contribution in [0.5, 0.6) is 0 Å². The number of ether oxygens (including phenoxy) is 2. The van der Waals surface area contributed by atoms with Gasteiger partial charge in [-0.1, -0.05) is 36.4 Å². The van der Waals surface area contributed by atoms with Crippen molar-refractivity contribution in [3.63, 3.8) is 0 Å². The number of rotatable bonds is 6. The SMILES string of the molecule is C=C[C@@H]1CCO[C@H](OCCc2cc(C(F)(F)F)cc(C(F)(F)F)c2)[C@@H]1c1ccccc1. The van der Waals surface area contributed by atoms with Crippen LogP contribution in [-0.4, -0.2) is 19.5 Å². The minimum Gasteiger partial charge on any atom is -0.352 e. The van der Waals surface area contributed by atoms with Gasteiger partial charge in [0.2, 0.25) is 0 Å². The highest BCUT2D eigenvalue weighted by atomic mass is 19.4. The van der Waals surface area contributed by atoms with Crippen molar-refractivity contribution in [2.45, 2.75) is 37.4 Å². The van der Waals surface area contributed by atoms with E-state index in [2.05, 4.69) is 6.58 Å². The van der Waals surface area contributed by atoms with E-state index in [1.807, 2.05) is 36.4 Å². The number of hydrogen-bond donors (Lipinski definition) is 0. The molecular formula is C23H22F6O2. The van der Waals surface area contributed by atoms with Crippen LogP contribution in [-0.2, 0) is 28.2 Å². The third-order valence-corrected chi connectivity index (χ3v) is 5.30. The summed E-state index contributed by atoms with van der Waals surface area (Å²) in [6.45, 7) is 4.20. The first kappa shape index (κ1) is 23.3. The van der Waals surface area contributed by atoms with E-state index in [1.54, 1.807) is 0 Å². The molecule has 0 radical (unpaired) electrons. The third-order valence-electron chi connectivity index (χ3n) is 5.30. The molecule has 1 heterocycles. The lowest BCUT2D eigenvalue weighted by Crippen LogP contribution is -2.36. The van der Waals surface area contributed by atoms with Gasteiger partial charge in [0.25, 0.3) is 0 Å². The van der Waals surface area contributed by atoms with Gasteiger partial charge in [0.1, 0.15) is 0 Å². The van der Waals surface area contributed by atoms with Crippen molar-refractivity contribution in [3.8, 4) is 0 Å². The predicted molar refractivity (Wildman–Crippen MR) is 103 cm³/mol. The molecule has 2 aromatic carbocycles. The summed E-state index contributed by atoms with van der Waals surface area (Å²) in [5, 5.41) is 0. The molecule has 168 valence electrons. The number of alkyl halides is 6. The summed E-state index contributed by atoms with van der Waals surface area (Å²) in [6, 6.07) is 11.0. The topological polar surface area (TPSA) is 18.5 Å². The van der Waals surface area contributed by atoms with E-state index in [1.165, 1.54) is 0 Å². The lowest BCUT2D eigenvalue weighted by molar-refractivity contribution is -0.182. The molecule has 0 unspecified atom stereocenters. The minimum atomic E-state index is -4.88. The monoisotopic (exact) mass is 444 g/mol. The summed E-state index contributed by atoms with van der Waals surface area (Å²) in [5.74, 6) is -0.0914. The Balaban J connectivity index is 1.76. The quantitative estimate of drug-likeness (QED) is 0.369. The number of halogens is 6. The van der Waals surface area contributed by atoms with E-state index < -0.39 is 29.8 Å². The molecule has 3 atom stereocenters. The van der Waals surface area contributed by atoms with E-state index in [-0.39, 0.29) is 36.5 Å². The summed E-state index contributed by atoms with van der Waals surface area (Å²) in [5.41, 5.74) is -1.80. The van der Waals surface area contributed by atoms with Crippen molar-refractivity contribution in [2.75, 3.05) is 13.2 Å². The Bertz CT molecular complexity index is 844. The fourth-order valence-corrected chi connectivity index (χ4v) is 3.76. The van der Waals surface area contributed by atoms with Crippen LogP contribution in [0.3, 0.4) is 0 Å². The molecule has 0 aliphatic carbocycles. The van der Waals surface area contributed by atoms with Crippen molar-refractivity contribution in [1.82, 2.24) is 0 Å². The van der Waals surface area contributed by atoms with Crippen molar-refractivity contribution in [1.29, 1.82) is 0 Å². The van der Waals surface area contributed by atoms with Gasteiger partial charge in [-0.3, -0.25) is 0 Å². The maximum Gasteiger partial charge on any atom is 0.416 e. The van der Waals surface area contributed by atoms with Crippen molar-refractivity contribution < 1.29 is 35.8 Å².